The van der Waals surface area contributed by atoms with Crippen LogP contribution in [0.15, 0.2) is 43.1 Å². The molecule has 5 aliphatic carbocycles. The molecule has 14 rings (SSSR count). The number of carbonyl (C=O) groups excluding carboxylic acids is 2. The van der Waals surface area contributed by atoms with Gasteiger partial charge in [-0.15, -0.1) is 4.68 Å². The van der Waals surface area contributed by atoms with E-state index >= 15 is 8.78 Å². The van der Waals surface area contributed by atoms with Crippen LogP contribution in [-0.4, -0.2) is 139 Å². The van der Waals surface area contributed by atoms with E-state index in [0.717, 1.165) is 67.6 Å². The second-order valence-electron chi connectivity index (χ2n) is 21.7. The standard InChI is InChI=1S/C50H59F2N17O6/c1-25-39(31-19-55-65(4)26(31)2)44-53-11-13-67(44)46(56-25)59-38-15-33(42-41(52)36(24-73-42)75-48(71)61-50-16-27(17-50)18-50)64-69(38)34-20-54-45(68-22-28(57-43(34)68)21-66-12-8-29(66)23-72-5)58-37-14-32(62-63-37)30-6-7-35(40(30)51)74-47(70)60-49(3)9-10-49/h11,13-15,19-20,22,27,29-30,35-36,40-42H,6-10,12,16-18,21,23-24H2,1-5H3,(H5,53,54,56,57,58,59,60,61,62,63,64,70,71)/p+1/t27?,29?,30-,35-,36-,40-,41-,42-,50?/m0/s1. The van der Waals surface area contributed by atoms with Gasteiger partial charge in [-0.25, -0.2) is 48.1 Å². The summed E-state index contributed by atoms with van der Waals surface area (Å²) in [5.41, 5.74) is 6.09. The SMILES string of the molecule is COCC1CCN1Cc1cn2c(Nc3cc([C@@H]4CC[C@H](OC(=O)NC5(C)CC5)[C@H]4F)[nH]n3)ncc(-[n+]3[nH]c([C@@H]4OC[C@H](OC(=O)NC56CC(C5)C6)[C@@H]4F)cc3Nc3nc(C)c(-c4cnn(C)c4C)c4nccn34)c2n1. The second kappa shape index (κ2) is 18.0. The summed E-state index contributed by atoms with van der Waals surface area (Å²) in [7, 11) is 3.58. The number of aromatic nitrogens is 12. The van der Waals surface area contributed by atoms with Gasteiger partial charge in [-0.3, -0.25) is 19.1 Å². The van der Waals surface area contributed by atoms with E-state index in [1.54, 1.807) is 47.2 Å². The van der Waals surface area contributed by atoms with Crippen LogP contribution in [0.5, 0.6) is 0 Å². The molecule has 7 aliphatic rings. The van der Waals surface area contributed by atoms with Crippen molar-refractivity contribution in [3.8, 4) is 16.8 Å². The van der Waals surface area contributed by atoms with Crippen molar-refractivity contribution in [3.63, 3.8) is 0 Å². The molecule has 0 spiro atoms. The first-order chi connectivity index (χ1) is 36.2. The maximum absolute atomic E-state index is 16.7. The highest BCUT2D eigenvalue weighted by Crippen LogP contribution is 2.57. The maximum Gasteiger partial charge on any atom is 0.408 e. The number of halogens is 2. The molecule has 7 aromatic rings. The topological polar surface area (TPSA) is 249 Å². The minimum absolute atomic E-state index is 0.147. The van der Waals surface area contributed by atoms with Crippen molar-refractivity contribution in [2.75, 3.05) is 37.5 Å². The van der Waals surface area contributed by atoms with E-state index in [-0.39, 0.29) is 23.7 Å². The van der Waals surface area contributed by atoms with Crippen molar-refractivity contribution in [2.24, 2.45) is 13.0 Å². The Kier molecular flexibility index (Phi) is 11.4. The Balaban J connectivity index is 0.845. The minimum atomic E-state index is -1.71. The fraction of sp³-hybridized carbons (Fsp3) is 0.540. The highest BCUT2D eigenvalue weighted by molar-refractivity contribution is 5.82. The number of hydrogen-bond acceptors (Lipinski definition) is 15. The molecule has 2 saturated heterocycles. The Hall–Kier alpha value is -7.25. The summed E-state index contributed by atoms with van der Waals surface area (Å²) in [6, 6.07) is 3.71. The van der Waals surface area contributed by atoms with Crippen LogP contribution in [0.4, 0.5) is 41.9 Å². The van der Waals surface area contributed by atoms with Crippen molar-refractivity contribution in [2.45, 2.75) is 132 Å². The highest BCUT2D eigenvalue weighted by Gasteiger charge is 2.58. The summed E-state index contributed by atoms with van der Waals surface area (Å²) in [4.78, 5) is 47.8. The van der Waals surface area contributed by atoms with E-state index in [0.29, 0.717) is 89.5 Å². The molecule has 7 atom stereocenters. The zero-order valence-corrected chi connectivity index (χ0v) is 42.3. The zero-order chi connectivity index (χ0) is 51.5. The molecular weight excluding hydrogens is 973 g/mol. The van der Waals surface area contributed by atoms with Gasteiger partial charge in [-0.05, 0) is 78.1 Å². The van der Waals surface area contributed by atoms with Crippen molar-refractivity contribution in [1.29, 1.82) is 0 Å². The summed E-state index contributed by atoms with van der Waals surface area (Å²) in [5.74, 6) is 1.65. The summed E-state index contributed by atoms with van der Waals surface area (Å²) in [6.07, 6.45) is 7.63. The molecule has 0 aromatic carbocycles. The molecule has 23 nitrogen and oxygen atoms in total. The van der Waals surface area contributed by atoms with Crippen molar-refractivity contribution < 1.29 is 42.0 Å². The number of alkyl carbamates (subject to hydrolysis) is 2. The summed E-state index contributed by atoms with van der Waals surface area (Å²) < 4.78 is 62.6. The van der Waals surface area contributed by atoms with E-state index in [9.17, 15) is 9.59 Å². The number of carbonyl (C=O) groups is 2. The largest absolute Gasteiger partial charge is 0.443 e. The zero-order valence-electron chi connectivity index (χ0n) is 42.3. The van der Waals surface area contributed by atoms with E-state index in [1.807, 2.05) is 49.0 Å². The number of amides is 2. The number of hydrogen-bond donors (Lipinski definition) is 6. The van der Waals surface area contributed by atoms with Crippen LogP contribution in [0.1, 0.15) is 98.8 Å². The molecule has 75 heavy (non-hydrogen) atoms. The van der Waals surface area contributed by atoms with Crippen molar-refractivity contribution in [1.82, 2.24) is 69.3 Å². The Morgan fingerprint density at radius 1 is 0.933 bits per heavy atom. The first-order valence-electron chi connectivity index (χ1n) is 25.8. The summed E-state index contributed by atoms with van der Waals surface area (Å²) in [5, 5.41) is 28.0. The lowest BCUT2D eigenvalue weighted by Crippen LogP contribution is -2.68. The van der Waals surface area contributed by atoms with Crippen LogP contribution in [0, 0.1) is 19.8 Å². The van der Waals surface area contributed by atoms with Gasteiger partial charge in [0.25, 0.3) is 0 Å². The highest BCUT2D eigenvalue weighted by atomic mass is 19.1. The van der Waals surface area contributed by atoms with Gasteiger partial charge >= 0.3 is 24.0 Å². The average Bonchev–Trinajstić information content (AvgIpc) is 4.14. The number of anilines is 4. The van der Waals surface area contributed by atoms with E-state index in [4.69, 9.17) is 38.9 Å². The van der Waals surface area contributed by atoms with Crippen LogP contribution >= 0.6 is 0 Å². The number of aryl methyl sites for hydroxylation is 2. The predicted molar refractivity (Wildman–Crippen MR) is 264 cm³/mol. The number of H-pyrrole nitrogens is 2. The molecular formula is C50H60F2N17O6+. The molecule has 394 valence electrons. The lowest BCUT2D eigenvalue weighted by atomic mass is 9.50. The summed E-state index contributed by atoms with van der Waals surface area (Å²) >= 11 is 0. The first-order valence-corrected chi connectivity index (χ1v) is 25.8. The van der Waals surface area contributed by atoms with Crippen molar-refractivity contribution in [3.05, 3.63) is 71.6 Å². The number of aromatic amines is 2. The lowest BCUT2D eigenvalue weighted by Gasteiger charge is -2.61. The Morgan fingerprint density at radius 3 is 2.48 bits per heavy atom. The third-order valence-corrected chi connectivity index (χ3v) is 16.5. The van der Waals surface area contributed by atoms with Gasteiger partial charge in [-0.1, -0.05) is 0 Å². The third kappa shape index (κ3) is 8.47. The van der Waals surface area contributed by atoms with Crippen molar-refractivity contribution >= 4 is 47.0 Å². The molecule has 2 amide bonds. The van der Waals surface area contributed by atoms with Gasteiger partial charge < -0.3 is 34.9 Å². The number of imidazole rings is 2. The van der Waals surface area contributed by atoms with Crippen LogP contribution in [-0.2, 0) is 32.5 Å². The molecule has 25 heteroatoms. The van der Waals surface area contributed by atoms with Crippen LogP contribution in [0.2, 0.25) is 0 Å². The van der Waals surface area contributed by atoms with Gasteiger partial charge in [0.1, 0.15) is 18.4 Å². The number of methoxy groups -OCH3 is 1. The smallest absolute Gasteiger partial charge is 0.408 e. The number of ether oxygens (including phenoxy) is 4. The molecule has 7 fully saturated rings. The van der Waals surface area contributed by atoms with Crippen LogP contribution in [0.25, 0.3) is 28.1 Å². The second-order valence-corrected chi connectivity index (χ2v) is 21.7. The number of rotatable bonds is 16. The van der Waals surface area contributed by atoms with E-state index in [1.165, 1.54) is 0 Å². The molecule has 1 unspecified atom stereocenters. The average molecular weight is 1030 g/mol. The quantitative estimate of drug-likeness (QED) is 0.0632. The minimum Gasteiger partial charge on any atom is -0.443 e. The van der Waals surface area contributed by atoms with Gasteiger partial charge in [0.15, 0.2) is 29.4 Å². The Morgan fingerprint density at radius 2 is 1.75 bits per heavy atom. The number of likely N-dealkylation sites (tertiary alicyclic amines) is 1. The van der Waals surface area contributed by atoms with Crippen LogP contribution in [0.3, 0.4) is 0 Å². The Labute approximate surface area is 428 Å². The summed E-state index contributed by atoms with van der Waals surface area (Å²) in [6.45, 7) is 7.68. The fourth-order valence-corrected chi connectivity index (χ4v) is 11.6. The molecule has 0 radical (unpaired) electrons. The van der Waals surface area contributed by atoms with E-state index in [2.05, 4.69) is 46.6 Å². The van der Waals surface area contributed by atoms with Gasteiger partial charge in [0.05, 0.1) is 54.3 Å². The van der Waals surface area contributed by atoms with Gasteiger partial charge in [0.2, 0.25) is 11.6 Å². The normalized spacial score (nSPS) is 27.5. The fourth-order valence-electron chi connectivity index (χ4n) is 11.6. The molecule has 5 saturated carbocycles. The number of nitrogens with one attached hydrogen (secondary N) is 6. The third-order valence-electron chi connectivity index (χ3n) is 16.5. The molecule has 2 aliphatic heterocycles. The molecule has 7 aromatic heterocycles. The first kappa shape index (κ1) is 47.5. The van der Waals surface area contributed by atoms with Gasteiger partial charge in [0, 0.05) is 91.9 Å². The number of nitrogens with zero attached hydrogens (tertiary/aromatic N) is 11. The lowest BCUT2D eigenvalue weighted by molar-refractivity contribution is -0.641. The maximum atomic E-state index is 16.7. The van der Waals surface area contributed by atoms with Gasteiger partial charge in [-0.2, -0.15) is 15.2 Å². The monoisotopic (exact) mass is 1030 g/mol. The van der Waals surface area contributed by atoms with E-state index < -0.39 is 48.8 Å². The number of fused-ring (bicyclic) bond motifs is 2. The molecule has 2 bridgehead atoms. The predicted octanol–water partition coefficient (Wildman–Crippen LogP) is 5.74. The van der Waals surface area contributed by atoms with Crippen LogP contribution < -0.4 is 25.9 Å². The molecule has 9 heterocycles. The molecule has 6 N–H and O–H groups in total. The Bertz CT molecular complexity index is 3340. The number of alkyl halides is 2.